The Morgan fingerprint density at radius 3 is 2.64 bits per heavy atom. The topological polar surface area (TPSA) is 83.6 Å². The quantitative estimate of drug-likeness (QED) is 0.458. The Balaban J connectivity index is 2.64. The van der Waals surface area contributed by atoms with E-state index in [9.17, 15) is 9.59 Å². The molecule has 1 unspecified atom stereocenters. The molecule has 1 aliphatic heterocycles. The first-order valence-electron chi connectivity index (χ1n) is 3.37. The number of carbonyl (C=O) groups is 2. The molecule has 1 fully saturated rings. The Hall–Kier alpha value is -0.940. The lowest BCUT2D eigenvalue weighted by atomic mass is 10.3. The third-order valence-corrected chi connectivity index (χ3v) is 1.60. The molecule has 0 aromatic carbocycles. The average molecular weight is 158 g/mol. The van der Waals surface area contributed by atoms with E-state index >= 15 is 0 Å². The molecule has 1 rings (SSSR count). The highest BCUT2D eigenvalue weighted by molar-refractivity contribution is 6.05. The minimum absolute atomic E-state index is 0.0609. The van der Waals surface area contributed by atoms with Gasteiger partial charge >= 0.3 is 0 Å². The van der Waals surface area contributed by atoms with Gasteiger partial charge in [-0.1, -0.05) is 0 Å². The lowest BCUT2D eigenvalue weighted by Gasteiger charge is -2.10. The number of hydrogen-bond acceptors (Lipinski definition) is 4. The van der Waals surface area contributed by atoms with Crippen LogP contribution in [0.2, 0.25) is 0 Å². The largest absolute Gasteiger partial charge is 0.395 e. The van der Waals surface area contributed by atoms with Gasteiger partial charge in [0, 0.05) is 0 Å². The number of nitrogens with two attached hydrogens (primary N) is 1. The second kappa shape index (κ2) is 2.98. The van der Waals surface area contributed by atoms with Crippen LogP contribution >= 0.6 is 0 Å². The van der Waals surface area contributed by atoms with Crippen molar-refractivity contribution in [2.45, 2.75) is 12.5 Å². The van der Waals surface area contributed by atoms with E-state index in [0.717, 1.165) is 4.90 Å². The highest BCUT2D eigenvalue weighted by atomic mass is 16.3. The van der Waals surface area contributed by atoms with E-state index in [1.54, 1.807) is 0 Å². The zero-order valence-corrected chi connectivity index (χ0v) is 5.99. The molecule has 0 aliphatic carbocycles. The molecule has 0 aromatic rings. The van der Waals surface area contributed by atoms with Gasteiger partial charge in [0.05, 0.1) is 25.6 Å². The number of aliphatic hydroxyl groups is 1. The van der Waals surface area contributed by atoms with Crippen molar-refractivity contribution in [3.05, 3.63) is 0 Å². The first-order valence-corrected chi connectivity index (χ1v) is 3.37. The fourth-order valence-corrected chi connectivity index (χ4v) is 1.04. The summed E-state index contributed by atoms with van der Waals surface area (Å²) >= 11 is 0. The molecule has 0 bridgehead atoms. The first kappa shape index (κ1) is 8.16. The van der Waals surface area contributed by atoms with Crippen molar-refractivity contribution < 1.29 is 14.7 Å². The van der Waals surface area contributed by atoms with Crippen LogP contribution in [0.1, 0.15) is 6.42 Å². The number of amides is 2. The number of aliphatic hydroxyl groups excluding tert-OH is 1. The molecule has 0 radical (unpaired) electrons. The Bertz CT molecular complexity index is 192. The van der Waals surface area contributed by atoms with Gasteiger partial charge in [0.25, 0.3) is 0 Å². The van der Waals surface area contributed by atoms with E-state index in [-0.39, 0.29) is 31.4 Å². The minimum Gasteiger partial charge on any atom is -0.395 e. The van der Waals surface area contributed by atoms with Gasteiger partial charge in [0.1, 0.15) is 0 Å². The number of nitrogens with zero attached hydrogens (tertiary/aromatic N) is 1. The molecule has 5 heteroatoms. The van der Waals surface area contributed by atoms with Crippen molar-refractivity contribution in [1.29, 1.82) is 0 Å². The number of carbonyl (C=O) groups excluding carboxylic acids is 2. The lowest BCUT2D eigenvalue weighted by Crippen LogP contribution is -2.36. The number of imide groups is 1. The molecule has 1 atom stereocenters. The van der Waals surface area contributed by atoms with Crippen LogP contribution in [0.3, 0.4) is 0 Å². The molecule has 2 amide bonds. The van der Waals surface area contributed by atoms with Crippen molar-refractivity contribution in [3.8, 4) is 0 Å². The lowest BCUT2D eigenvalue weighted by molar-refractivity contribution is -0.139. The highest BCUT2D eigenvalue weighted by Crippen LogP contribution is 2.09. The third kappa shape index (κ3) is 1.38. The normalized spacial score (nSPS) is 24.9. The van der Waals surface area contributed by atoms with Crippen LogP contribution in [0.4, 0.5) is 0 Å². The Kier molecular flexibility index (Phi) is 2.21. The summed E-state index contributed by atoms with van der Waals surface area (Å²) in [5, 5.41) is 8.46. The second-order valence-corrected chi connectivity index (χ2v) is 2.42. The van der Waals surface area contributed by atoms with Gasteiger partial charge in [-0.15, -0.1) is 0 Å². The van der Waals surface area contributed by atoms with Crippen LogP contribution in [-0.4, -0.2) is 41.0 Å². The van der Waals surface area contributed by atoms with E-state index in [1.165, 1.54) is 0 Å². The zero-order valence-electron chi connectivity index (χ0n) is 5.99. The number of hydrogen-bond donors (Lipinski definition) is 2. The summed E-state index contributed by atoms with van der Waals surface area (Å²) in [7, 11) is 0. The fraction of sp³-hybridized carbons (Fsp3) is 0.667. The van der Waals surface area contributed by atoms with Crippen LogP contribution in [0.5, 0.6) is 0 Å². The molecule has 0 saturated carbocycles. The molecular formula is C6H10N2O3. The molecule has 1 saturated heterocycles. The van der Waals surface area contributed by atoms with Crippen molar-refractivity contribution >= 4 is 11.8 Å². The SMILES string of the molecule is NC1CC(=O)N(CCO)C1=O. The monoisotopic (exact) mass is 158 g/mol. The maximum absolute atomic E-state index is 11.0. The molecule has 5 nitrogen and oxygen atoms in total. The van der Waals surface area contributed by atoms with E-state index in [1.807, 2.05) is 0 Å². The van der Waals surface area contributed by atoms with Gasteiger partial charge in [0.15, 0.2) is 0 Å². The van der Waals surface area contributed by atoms with Gasteiger partial charge < -0.3 is 10.8 Å². The number of rotatable bonds is 2. The maximum Gasteiger partial charge on any atom is 0.246 e. The van der Waals surface area contributed by atoms with E-state index in [2.05, 4.69) is 0 Å². The standard InChI is InChI=1S/C6H10N2O3/c7-4-3-5(10)8(1-2-9)6(4)11/h4,9H,1-3,7H2. The van der Waals surface area contributed by atoms with Gasteiger partial charge in [-0.05, 0) is 0 Å². The van der Waals surface area contributed by atoms with Crippen LogP contribution < -0.4 is 5.73 Å². The number of likely N-dealkylation sites (tertiary alicyclic amines) is 1. The predicted molar refractivity (Wildman–Crippen MR) is 36.4 cm³/mol. The summed E-state index contributed by atoms with van der Waals surface area (Å²) in [4.78, 5) is 22.9. The first-order chi connectivity index (χ1) is 5.16. The summed E-state index contributed by atoms with van der Waals surface area (Å²) in [5.41, 5.74) is 5.30. The van der Waals surface area contributed by atoms with Crippen molar-refractivity contribution in [2.24, 2.45) is 5.73 Å². The Labute approximate surface area is 63.8 Å². The van der Waals surface area contributed by atoms with Crippen molar-refractivity contribution in [2.75, 3.05) is 13.2 Å². The second-order valence-electron chi connectivity index (χ2n) is 2.42. The highest BCUT2D eigenvalue weighted by Gasteiger charge is 2.35. The summed E-state index contributed by atoms with van der Waals surface area (Å²) in [5.74, 6) is -0.680. The van der Waals surface area contributed by atoms with Gasteiger partial charge in [-0.2, -0.15) is 0 Å². The molecule has 62 valence electrons. The summed E-state index contributed by atoms with van der Waals surface area (Å²) in [6, 6.07) is -0.700. The Morgan fingerprint density at radius 2 is 2.27 bits per heavy atom. The molecule has 1 aliphatic rings. The zero-order chi connectivity index (χ0) is 8.43. The van der Waals surface area contributed by atoms with Crippen molar-refractivity contribution in [3.63, 3.8) is 0 Å². The van der Waals surface area contributed by atoms with Crippen molar-refractivity contribution in [1.82, 2.24) is 4.90 Å². The maximum atomic E-state index is 11.0. The van der Waals surface area contributed by atoms with E-state index in [0.29, 0.717) is 0 Å². The van der Waals surface area contributed by atoms with Gasteiger partial charge in [0.2, 0.25) is 11.8 Å². The summed E-state index contributed by atoms with van der Waals surface area (Å²) in [6.07, 6.45) is 0.0683. The molecule has 0 aromatic heterocycles. The minimum atomic E-state index is -0.700. The van der Waals surface area contributed by atoms with E-state index < -0.39 is 6.04 Å². The fourth-order valence-electron chi connectivity index (χ4n) is 1.04. The van der Waals surface area contributed by atoms with Crippen LogP contribution in [0.15, 0.2) is 0 Å². The van der Waals surface area contributed by atoms with Gasteiger partial charge in [-0.3, -0.25) is 14.5 Å². The number of β-amino-alcohol motifs (C(OH)–C–C–N with tert-alkyl or cyclic N) is 1. The molecule has 11 heavy (non-hydrogen) atoms. The van der Waals surface area contributed by atoms with Crippen LogP contribution in [0.25, 0.3) is 0 Å². The average Bonchev–Trinajstić information content (AvgIpc) is 2.17. The molecule has 0 spiro atoms. The summed E-state index contributed by atoms with van der Waals surface area (Å²) < 4.78 is 0. The smallest absolute Gasteiger partial charge is 0.246 e. The predicted octanol–water partition coefficient (Wildman–Crippen LogP) is -1.94. The van der Waals surface area contributed by atoms with Crippen LogP contribution in [-0.2, 0) is 9.59 Å². The Morgan fingerprint density at radius 1 is 1.64 bits per heavy atom. The summed E-state index contributed by atoms with van der Waals surface area (Å²) in [6.45, 7) is -0.143. The third-order valence-electron chi connectivity index (χ3n) is 1.60. The molecule has 3 N–H and O–H groups in total. The van der Waals surface area contributed by atoms with Crippen LogP contribution in [0, 0.1) is 0 Å². The van der Waals surface area contributed by atoms with E-state index in [4.69, 9.17) is 10.8 Å². The molecule has 1 heterocycles. The van der Waals surface area contributed by atoms with Gasteiger partial charge in [-0.25, -0.2) is 0 Å². The molecular weight excluding hydrogens is 148 g/mol.